The Balaban J connectivity index is 0.000000208. The molecule has 0 saturated carbocycles. The number of benzene rings is 4. The number of carbonyl (C=O) groups excluding carboxylic acids is 2. The van der Waals surface area contributed by atoms with Crippen LogP contribution in [0.1, 0.15) is 56.5 Å². The summed E-state index contributed by atoms with van der Waals surface area (Å²) in [7, 11) is 0. The van der Waals surface area contributed by atoms with Crippen LogP contribution in [0.3, 0.4) is 0 Å². The Morgan fingerprint density at radius 1 is 0.574 bits per heavy atom. The number of ketones is 2. The maximum atomic E-state index is 13.5. The Hall–Kier alpha value is -5.22. The fourth-order valence-electron chi connectivity index (χ4n) is 6.45. The number of nitrogens with zero attached hydrogens (tertiary/aromatic N) is 2. The third kappa shape index (κ3) is 8.60. The molecule has 18 heteroatoms. The molecule has 0 aliphatic carbocycles. The van der Waals surface area contributed by atoms with E-state index >= 15 is 0 Å². The van der Waals surface area contributed by atoms with Gasteiger partial charge in [0, 0.05) is 44.9 Å². The molecule has 6 atom stereocenters. The number of para-hydroxylation sites is 2. The molecule has 2 aliphatic rings. The summed E-state index contributed by atoms with van der Waals surface area (Å²) in [4.78, 5) is 46.1. The number of rotatable bonds is 8. The molecule has 284 valence electrons. The zero-order valence-corrected chi connectivity index (χ0v) is 28.8. The van der Waals surface area contributed by atoms with Crippen LogP contribution < -0.4 is 9.47 Å². The van der Waals surface area contributed by atoms with Gasteiger partial charge in [0.15, 0.2) is 11.6 Å². The highest BCUT2D eigenvalue weighted by molar-refractivity contribution is 6.32. The second-order valence-corrected chi connectivity index (χ2v) is 13.0. The quantitative estimate of drug-likeness (QED) is 0.0744. The Kier molecular flexibility index (Phi) is 11.9. The van der Waals surface area contributed by atoms with E-state index < -0.39 is 82.7 Å². The van der Waals surface area contributed by atoms with E-state index in [-0.39, 0.29) is 43.8 Å². The molecule has 2 heterocycles. The molecule has 0 aromatic heterocycles. The van der Waals surface area contributed by atoms with Crippen molar-refractivity contribution in [1.29, 1.82) is 0 Å². The van der Waals surface area contributed by atoms with E-state index in [0.717, 1.165) is 0 Å². The van der Waals surface area contributed by atoms with Crippen molar-refractivity contribution in [3.05, 3.63) is 150 Å². The Labute approximate surface area is 311 Å². The molecule has 6 rings (SSSR count). The SMILES string of the molecule is O=C(C[C@@H]1c2cccc(Cl)c2O[C@H](C(F)(F)F)[C@H]1[N+](=O)[O-])c1ccccc1.O=C(C[C@@H]1c2cccc(Cl)c2O[C@H](C(F)(F)F)[C@H]1[N+](=O)[O-])c1ccccc1. The van der Waals surface area contributed by atoms with Crippen molar-refractivity contribution in [3.8, 4) is 11.5 Å². The maximum Gasteiger partial charge on any atom is 0.432 e. The van der Waals surface area contributed by atoms with Crippen molar-refractivity contribution < 1.29 is 55.3 Å². The molecule has 0 saturated heterocycles. The molecule has 54 heavy (non-hydrogen) atoms. The van der Waals surface area contributed by atoms with Crippen molar-refractivity contribution >= 4 is 34.8 Å². The number of nitro groups is 2. The molecule has 0 radical (unpaired) electrons. The minimum Gasteiger partial charge on any atom is -0.472 e. The molecule has 0 N–H and O–H groups in total. The molecule has 2 aliphatic heterocycles. The van der Waals surface area contributed by atoms with E-state index in [2.05, 4.69) is 0 Å². The van der Waals surface area contributed by atoms with Crippen LogP contribution in [0.4, 0.5) is 26.3 Å². The smallest absolute Gasteiger partial charge is 0.432 e. The van der Waals surface area contributed by atoms with Crippen LogP contribution in [-0.4, -0.2) is 58.1 Å². The van der Waals surface area contributed by atoms with Gasteiger partial charge < -0.3 is 9.47 Å². The van der Waals surface area contributed by atoms with Crippen molar-refractivity contribution in [2.24, 2.45) is 0 Å². The van der Waals surface area contributed by atoms with Gasteiger partial charge in [0.25, 0.3) is 24.3 Å². The van der Waals surface area contributed by atoms with Crippen LogP contribution in [0.2, 0.25) is 10.0 Å². The van der Waals surface area contributed by atoms with Gasteiger partial charge in [-0.1, -0.05) is 108 Å². The number of Topliss-reactive ketones (excluding diaryl/α,β-unsaturated/α-hetero) is 2. The normalized spacial score (nSPS) is 21.9. The number of halogens is 8. The van der Waals surface area contributed by atoms with E-state index in [9.17, 15) is 56.2 Å². The predicted molar refractivity (Wildman–Crippen MR) is 182 cm³/mol. The Morgan fingerprint density at radius 2 is 0.907 bits per heavy atom. The highest BCUT2D eigenvalue weighted by atomic mass is 35.5. The average Bonchev–Trinajstić information content (AvgIpc) is 3.11. The first-order chi connectivity index (χ1) is 25.4. The molecular weight excluding hydrogens is 773 g/mol. The van der Waals surface area contributed by atoms with Gasteiger partial charge in [-0.15, -0.1) is 0 Å². The first kappa shape index (κ1) is 40.0. The van der Waals surface area contributed by atoms with Gasteiger partial charge in [-0.2, -0.15) is 26.3 Å². The molecule has 0 bridgehead atoms. The van der Waals surface area contributed by atoms with Gasteiger partial charge in [-0.05, 0) is 12.1 Å². The summed E-state index contributed by atoms with van der Waals surface area (Å²) >= 11 is 11.9. The minimum absolute atomic E-state index is 0.0966. The Bertz CT molecular complexity index is 1890. The topological polar surface area (TPSA) is 139 Å². The van der Waals surface area contributed by atoms with Gasteiger partial charge in [0.1, 0.15) is 11.5 Å². The summed E-state index contributed by atoms with van der Waals surface area (Å²) < 4.78 is 90.5. The lowest BCUT2D eigenvalue weighted by molar-refractivity contribution is -0.548. The largest absolute Gasteiger partial charge is 0.472 e. The summed E-state index contributed by atoms with van der Waals surface area (Å²) in [6.45, 7) is 0. The van der Waals surface area contributed by atoms with Gasteiger partial charge in [0.05, 0.1) is 21.9 Å². The lowest BCUT2D eigenvalue weighted by Gasteiger charge is -2.35. The summed E-state index contributed by atoms with van der Waals surface area (Å²) in [5.41, 5.74) is 0.763. The molecule has 0 spiro atoms. The number of fused-ring (bicyclic) bond motifs is 2. The third-order valence-corrected chi connectivity index (χ3v) is 9.46. The van der Waals surface area contributed by atoms with E-state index in [0.29, 0.717) is 0 Å². The predicted octanol–water partition coefficient (Wildman–Crippen LogP) is 9.33. The second-order valence-electron chi connectivity index (χ2n) is 12.2. The molecule has 4 aromatic carbocycles. The van der Waals surface area contributed by atoms with Crippen LogP contribution in [0.15, 0.2) is 97.1 Å². The standard InChI is InChI=1S/2C18H13ClF3NO4/c2*19-13-8-4-7-11-12(9-14(24)10-5-2-1-3-6-10)15(23(25)26)17(18(20,21)22)27-16(11)13/h2*1-8,12,15,17H,9H2/t2*12-,15+,17+/m11/s1. The highest BCUT2D eigenvalue weighted by Gasteiger charge is 2.61. The summed E-state index contributed by atoms with van der Waals surface area (Å²) in [5, 5.41) is 22.8. The molecule has 4 aromatic rings. The van der Waals surface area contributed by atoms with Crippen LogP contribution >= 0.6 is 23.2 Å². The van der Waals surface area contributed by atoms with E-state index in [1.165, 1.54) is 60.7 Å². The zero-order valence-electron chi connectivity index (χ0n) is 27.3. The maximum absolute atomic E-state index is 13.5. The summed E-state index contributed by atoms with van der Waals surface area (Å²) in [5.74, 6) is -4.21. The first-order valence-corrected chi connectivity index (χ1v) is 16.6. The zero-order chi connectivity index (χ0) is 39.5. The monoisotopic (exact) mass is 798 g/mol. The molecule has 10 nitrogen and oxygen atoms in total. The number of ether oxygens (including phenoxy) is 2. The average molecular weight is 800 g/mol. The summed E-state index contributed by atoms with van der Waals surface area (Å²) in [6, 6.07) is 19.8. The van der Waals surface area contributed by atoms with Crippen molar-refractivity contribution in [2.75, 3.05) is 0 Å². The molecule has 0 unspecified atom stereocenters. The molecular formula is C36H26Cl2F6N2O8. The number of carbonyl (C=O) groups is 2. The fraction of sp³-hybridized carbons (Fsp3) is 0.278. The Morgan fingerprint density at radius 3 is 1.20 bits per heavy atom. The van der Waals surface area contributed by atoms with Crippen LogP contribution in [0, 0.1) is 20.2 Å². The fourth-order valence-corrected chi connectivity index (χ4v) is 6.90. The van der Waals surface area contributed by atoms with Gasteiger partial charge in [-0.3, -0.25) is 29.8 Å². The van der Waals surface area contributed by atoms with E-state index in [1.54, 1.807) is 36.4 Å². The summed E-state index contributed by atoms with van der Waals surface area (Å²) in [6.07, 6.45) is -16.3. The van der Waals surface area contributed by atoms with E-state index in [1.807, 2.05) is 0 Å². The second kappa shape index (κ2) is 16.0. The molecule has 0 fully saturated rings. The lowest BCUT2D eigenvalue weighted by Crippen LogP contribution is -2.53. The van der Waals surface area contributed by atoms with Gasteiger partial charge in [-0.25, -0.2) is 0 Å². The van der Waals surface area contributed by atoms with Crippen LogP contribution in [0.25, 0.3) is 0 Å². The van der Waals surface area contributed by atoms with Crippen molar-refractivity contribution in [1.82, 2.24) is 0 Å². The first-order valence-electron chi connectivity index (χ1n) is 15.9. The van der Waals surface area contributed by atoms with Gasteiger partial charge >= 0.3 is 12.4 Å². The number of hydrogen-bond donors (Lipinski definition) is 0. The van der Waals surface area contributed by atoms with Gasteiger partial charge in [0.2, 0.25) is 0 Å². The van der Waals surface area contributed by atoms with Crippen LogP contribution in [0.5, 0.6) is 11.5 Å². The van der Waals surface area contributed by atoms with Crippen molar-refractivity contribution in [2.45, 2.75) is 61.3 Å². The molecule has 0 amide bonds. The highest BCUT2D eigenvalue weighted by Crippen LogP contribution is 2.48. The van der Waals surface area contributed by atoms with Crippen molar-refractivity contribution in [3.63, 3.8) is 0 Å². The lowest BCUT2D eigenvalue weighted by atomic mass is 9.81. The number of hydrogen-bond acceptors (Lipinski definition) is 8. The van der Waals surface area contributed by atoms with Crippen LogP contribution in [-0.2, 0) is 0 Å². The third-order valence-electron chi connectivity index (χ3n) is 8.86. The van der Waals surface area contributed by atoms with E-state index in [4.69, 9.17) is 32.7 Å². The number of alkyl halides is 6. The minimum atomic E-state index is -5.00.